The van der Waals surface area contributed by atoms with E-state index in [2.05, 4.69) is 39.9 Å². The second kappa shape index (κ2) is 8.31. The fourth-order valence-electron chi connectivity index (χ4n) is 2.15. The zero-order valence-corrected chi connectivity index (χ0v) is 13.8. The third-order valence-corrected chi connectivity index (χ3v) is 4.16. The molecule has 0 saturated carbocycles. The first-order chi connectivity index (χ1) is 9.44. The van der Waals surface area contributed by atoms with Crippen molar-refractivity contribution >= 4 is 0 Å². The maximum absolute atomic E-state index is 5.85. The third kappa shape index (κ3) is 5.96. The second-order valence-electron chi connectivity index (χ2n) is 6.74. The molecule has 1 aromatic carbocycles. The first kappa shape index (κ1) is 17.0. The third-order valence-electron chi connectivity index (χ3n) is 4.16. The summed E-state index contributed by atoms with van der Waals surface area (Å²) in [4.78, 5) is 0. The van der Waals surface area contributed by atoms with Crippen LogP contribution in [-0.2, 0) is 0 Å². The Morgan fingerprint density at radius 3 is 2.30 bits per heavy atom. The van der Waals surface area contributed by atoms with Crippen molar-refractivity contribution in [3.05, 3.63) is 30.3 Å². The fourth-order valence-corrected chi connectivity index (χ4v) is 2.15. The predicted octanol–water partition coefficient (Wildman–Crippen LogP) is 4.36. The highest BCUT2D eigenvalue weighted by Gasteiger charge is 2.27. The van der Waals surface area contributed by atoms with Crippen LogP contribution < -0.4 is 10.1 Å². The molecular weight excluding hydrogens is 246 g/mol. The van der Waals surface area contributed by atoms with Gasteiger partial charge < -0.3 is 10.1 Å². The second-order valence-corrected chi connectivity index (χ2v) is 6.74. The molecular formula is C18H31NO. The maximum Gasteiger partial charge on any atom is 0.119 e. The molecule has 114 valence electrons. The quantitative estimate of drug-likeness (QED) is 0.724. The highest BCUT2D eigenvalue weighted by molar-refractivity contribution is 5.20. The Morgan fingerprint density at radius 1 is 1.10 bits per heavy atom. The fraction of sp³-hybridized carbons (Fsp3) is 0.667. The van der Waals surface area contributed by atoms with Crippen LogP contribution in [0.1, 0.15) is 41.0 Å². The summed E-state index contributed by atoms with van der Waals surface area (Å²) in [6, 6.07) is 10.1. The van der Waals surface area contributed by atoms with Crippen LogP contribution in [0.5, 0.6) is 5.75 Å². The van der Waals surface area contributed by atoms with Crippen LogP contribution in [0.4, 0.5) is 0 Å². The number of nitrogens with one attached hydrogen (secondary N) is 1. The lowest BCUT2D eigenvalue weighted by molar-refractivity contribution is 0.149. The van der Waals surface area contributed by atoms with Gasteiger partial charge in [0.25, 0.3) is 0 Å². The molecule has 0 aliphatic heterocycles. The molecule has 0 aliphatic carbocycles. The van der Waals surface area contributed by atoms with E-state index in [-0.39, 0.29) is 5.41 Å². The minimum Gasteiger partial charge on any atom is -0.494 e. The molecule has 0 spiro atoms. The lowest BCUT2D eigenvalue weighted by atomic mass is 9.76. The smallest absolute Gasteiger partial charge is 0.119 e. The highest BCUT2D eigenvalue weighted by Crippen LogP contribution is 2.30. The van der Waals surface area contributed by atoms with Crippen LogP contribution in [0.3, 0.4) is 0 Å². The van der Waals surface area contributed by atoms with Crippen LogP contribution in [0.25, 0.3) is 0 Å². The van der Waals surface area contributed by atoms with Crippen molar-refractivity contribution in [2.75, 3.05) is 19.7 Å². The van der Waals surface area contributed by atoms with Crippen LogP contribution >= 0.6 is 0 Å². The Hall–Kier alpha value is -1.02. The van der Waals surface area contributed by atoms with Crippen molar-refractivity contribution in [2.24, 2.45) is 17.3 Å². The van der Waals surface area contributed by atoms with Gasteiger partial charge in [0, 0.05) is 6.54 Å². The van der Waals surface area contributed by atoms with Gasteiger partial charge in [0.05, 0.1) is 6.61 Å². The van der Waals surface area contributed by atoms with Crippen molar-refractivity contribution in [3.63, 3.8) is 0 Å². The van der Waals surface area contributed by atoms with Gasteiger partial charge in [-0.1, -0.05) is 52.8 Å². The summed E-state index contributed by atoms with van der Waals surface area (Å²) in [5, 5.41) is 3.60. The minimum absolute atomic E-state index is 0.281. The molecule has 1 aromatic rings. The molecule has 1 rings (SSSR count). The first-order valence-corrected chi connectivity index (χ1v) is 7.82. The van der Waals surface area contributed by atoms with Crippen molar-refractivity contribution < 1.29 is 4.74 Å². The lowest BCUT2D eigenvalue weighted by Gasteiger charge is -2.34. The summed E-state index contributed by atoms with van der Waals surface area (Å²) in [7, 11) is 0. The van der Waals surface area contributed by atoms with E-state index in [1.165, 1.54) is 0 Å². The standard InChI is InChI=1S/C18H31NO/c1-15(2)13-19-14-18(5,16(3)4)11-12-20-17-9-7-6-8-10-17/h6-10,15-16,19H,11-14H2,1-5H3. The van der Waals surface area contributed by atoms with E-state index in [4.69, 9.17) is 4.74 Å². The Morgan fingerprint density at radius 2 is 1.75 bits per heavy atom. The summed E-state index contributed by atoms with van der Waals surface area (Å²) in [5.41, 5.74) is 0.281. The largest absolute Gasteiger partial charge is 0.494 e. The molecule has 0 radical (unpaired) electrons. The summed E-state index contributed by atoms with van der Waals surface area (Å²) in [5.74, 6) is 2.31. The predicted molar refractivity (Wildman–Crippen MR) is 87.2 cm³/mol. The molecule has 1 unspecified atom stereocenters. The Labute approximate surface area is 124 Å². The van der Waals surface area contributed by atoms with Gasteiger partial charge in [-0.05, 0) is 42.3 Å². The van der Waals surface area contributed by atoms with E-state index in [0.29, 0.717) is 11.8 Å². The number of hydrogen-bond acceptors (Lipinski definition) is 2. The van der Waals surface area contributed by atoms with Gasteiger partial charge in [0.2, 0.25) is 0 Å². The van der Waals surface area contributed by atoms with Crippen LogP contribution in [0.2, 0.25) is 0 Å². The number of para-hydroxylation sites is 1. The van der Waals surface area contributed by atoms with E-state index < -0.39 is 0 Å². The Bertz CT molecular complexity index is 361. The number of ether oxygens (including phenoxy) is 1. The van der Waals surface area contributed by atoms with E-state index in [1.54, 1.807) is 0 Å². The molecule has 0 heterocycles. The summed E-state index contributed by atoms with van der Waals surface area (Å²) in [6.07, 6.45) is 1.07. The molecule has 2 nitrogen and oxygen atoms in total. The normalized spacial score (nSPS) is 14.6. The number of benzene rings is 1. The molecule has 0 aliphatic rings. The van der Waals surface area contributed by atoms with Gasteiger partial charge >= 0.3 is 0 Å². The molecule has 1 atom stereocenters. The average Bonchev–Trinajstić information content (AvgIpc) is 2.39. The van der Waals surface area contributed by atoms with E-state index in [1.807, 2.05) is 30.3 Å². The Balaban J connectivity index is 2.41. The zero-order valence-electron chi connectivity index (χ0n) is 13.8. The Kier molecular flexibility index (Phi) is 7.08. The molecule has 0 fully saturated rings. The van der Waals surface area contributed by atoms with E-state index in [0.717, 1.165) is 31.9 Å². The van der Waals surface area contributed by atoms with Crippen molar-refractivity contribution in [1.29, 1.82) is 0 Å². The molecule has 0 amide bonds. The lowest BCUT2D eigenvalue weighted by Crippen LogP contribution is -2.38. The molecule has 20 heavy (non-hydrogen) atoms. The first-order valence-electron chi connectivity index (χ1n) is 7.82. The monoisotopic (exact) mass is 277 g/mol. The SMILES string of the molecule is CC(C)CNCC(C)(CCOc1ccccc1)C(C)C. The van der Waals surface area contributed by atoms with E-state index in [9.17, 15) is 0 Å². The number of rotatable bonds is 9. The molecule has 2 heteroatoms. The average molecular weight is 277 g/mol. The van der Waals surface area contributed by atoms with Crippen LogP contribution in [-0.4, -0.2) is 19.7 Å². The molecule has 1 N–H and O–H groups in total. The van der Waals surface area contributed by atoms with Gasteiger partial charge in [0.15, 0.2) is 0 Å². The summed E-state index contributed by atoms with van der Waals surface area (Å²) >= 11 is 0. The van der Waals surface area contributed by atoms with Crippen molar-refractivity contribution in [2.45, 2.75) is 41.0 Å². The molecule has 0 aromatic heterocycles. The highest BCUT2D eigenvalue weighted by atomic mass is 16.5. The molecule has 0 saturated heterocycles. The number of hydrogen-bond donors (Lipinski definition) is 1. The topological polar surface area (TPSA) is 21.3 Å². The van der Waals surface area contributed by atoms with E-state index >= 15 is 0 Å². The van der Waals surface area contributed by atoms with Crippen LogP contribution in [0, 0.1) is 17.3 Å². The van der Waals surface area contributed by atoms with Gasteiger partial charge in [-0.2, -0.15) is 0 Å². The maximum atomic E-state index is 5.85. The van der Waals surface area contributed by atoms with Gasteiger partial charge in [-0.15, -0.1) is 0 Å². The summed E-state index contributed by atoms with van der Waals surface area (Å²) in [6.45, 7) is 14.4. The van der Waals surface area contributed by atoms with Crippen LogP contribution in [0.15, 0.2) is 30.3 Å². The van der Waals surface area contributed by atoms with Crippen molar-refractivity contribution in [3.8, 4) is 5.75 Å². The summed E-state index contributed by atoms with van der Waals surface area (Å²) < 4.78 is 5.85. The van der Waals surface area contributed by atoms with Gasteiger partial charge in [0.1, 0.15) is 5.75 Å². The minimum atomic E-state index is 0.281. The molecule has 0 bridgehead atoms. The van der Waals surface area contributed by atoms with Gasteiger partial charge in [-0.3, -0.25) is 0 Å². The van der Waals surface area contributed by atoms with Crippen molar-refractivity contribution in [1.82, 2.24) is 5.32 Å². The zero-order chi connectivity index (χ0) is 15.0. The van der Waals surface area contributed by atoms with Gasteiger partial charge in [-0.25, -0.2) is 0 Å².